The minimum Gasteiger partial charge on any atom is -0.534 e. The molecule has 1 fully saturated rings. The molecule has 3 atom stereocenters. The smallest absolute Gasteiger partial charge is 0.534 e. The lowest BCUT2D eigenvalue weighted by Gasteiger charge is -2.29. The summed E-state index contributed by atoms with van der Waals surface area (Å²) in [6.45, 7) is 1.90. The lowest BCUT2D eigenvalue weighted by atomic mass is 9.72. The number of aromatic carboxylic acids is 1. The van der Waals surface area contributed by atoms with Gasteiger partial charge in [-0.1, -0.05) is 18.6 Å². The zero-order valence-electron chi connectivity index (χ0n) is 17.5. The van der Waals surface area contributed by atoms with Gasteiger partial charge in [-0.3, -0.25) is 4.79 Å². The van der Waals surface area contributed by atoms with Gasteiger partial charge < -0.3 is 30.7 Å². The molecule has 30 heavy (non-hydrogen) atoms. The summed E-state index contributed by atoms with van der Waals surface area (Å²) in [7, 11) is 0.679. The van der Waals surface area contributed by atoms with E-state index in [0.29, 0.717) is 30.4 Å². The van der Waals surface area contributed by atoms with Crippen molar-refractivity contribution in [2.24, 2.45) is 5.92 Å². The molecule has 9 heteroatoms. The quantitative estimate of drug-likeness (QED) is 0.243. The first kappa shape index (κ1) is 22.6. The Morgan fingerprint density at radius 3 is 2.80 bits per heavy atom. The van der Waals surface area contributed by atoms with Gasteiger partial charge in [0.05, 0.1) is 11.5 Å². The minimum absolute atomic E-state index is 0.0210. The van der Waals surface area contributed by atoms with Crippen LogP contribution < -0.4 is 20.6 Å². The van der Waals surface area contributed by atoms with E-state index >= 15 is 0 Å². The fourth-order valence-corrected chi connectivity index (χ4v) is 4.43. The van der Waals surface area contributed by atoms with Gasteiger partial charge in [0, 0.05) is 25.6 Å². The number of amides is 1. The summed E-state index contributed by atoms with van der Waals surface area (Å²) in [4.78, 5) is 24.0. The summed E-state index contributed by atoms with van der Waals surface area (Å²) in [5.74, 6) is -1.26. The number of carboxylic acid groups (broad SMARTS) is 1. The van der Waals surface area contributed by atoms with Crippen molar-refractivity contribution in [3.8, 4) is 5.75 Å². The van der Waals surface area contributed by atoms with Crippen LogP contribution in [-0.2, 0) is 11.2 Å². The fourth-order valence-electron chi connectivity index (χ4n) is 4.43. The number of hydrogen-bond donors (Lipinski definition) is 5. The molecule has 3 unspecified atom stereocenters. The van der Waals surface area contributed by atoms with E-state index in [-0.39, 0.29) is 17.2 Å². The van der Waals surface area contributed by atoms with Crippen LogP contribution in [-0.4, -0.2) is 61.2 Å². The normalized spacial score (nSPS) is 23.8. The Morgan fingerprint density at radius 1 is 1.20 bits per heavy atom. The first-order valence-corrected chi connectivity index (χ1v) is 10.8. The van der Waals surface area contributed by atoms with Crippen LogP contribution in [0.4, 0.5) is 0 Å². The van der Waals surface area contributed by atoms with E-state index in [4.69, 9.17) is 4.65 Å². The Hall–Kier alpha value is -2.10. The number of carbonyl (C=O) groups excluding carboxylic acids is 1. The van der Waals surface area contributed by atoms with Crippen molar-refractivity contribution < 1.29 is 24.4 Å². The zero-order chi connectivity index (χ0) is 21.5. The predicted molar refractivity (Wildman–Crippen MR) is 115 cm³/mol. The lowest BCUT2D eigenvalue weighted by molar-refractivity contribution is -0.122. The van der Waals surface area contributed by atoms with Crippen molar-refractivity contribution in [2.45, 2.75) is 56.9 Å². The first-order valence-electron chi connectivity index (χ1n) is 10.8. The van der Waals surface area contributed by atoms with E-state index in [1.807, 2.05) is 7.05 Å². The number of benzene rings is 1. The fraction of sp³-hybridized carbons (Fsp3) is 0.619. The number of rotatable bonds is 8. The molecule has 1 heterocycles. The Labute approximate surface area is 177 Å². The molecule has 1 saturated carbocycles. The van der Waals surface area contributed by atoms with Crippen molar-refractivity contribution in [3.05, 3.63) is 29.3 Å². The number of nitrogens with one attached hydrogen (secondary N) is 3. The Kier molecular flexibility index (Phi) is 8.12. The van der Waals surface area contributed by atoms with Gasteiger partial charge in [-0.25, -0.2) is 4.79 Å². The minimum atomic E-state index is -1.27. The second-order valence-electron chi connectivity index (χ2n) is 8.32. The molecule has 5 N–H and O–H groups in total. The van der Waals surface area contributed by atoms with Crippen molar-refractivity contribution in [3.63, 3.8) is 0 Å². The highest BCUT2D eigenvalue weighted by Crippen LogP contribution is 2.30. The second-order valence-corrected chi connectivity index (χ2v) is 8.32. The highest BCUT2D eigenvalue weighted by atomic mass is 16.5. The first-order chi connectivity index (χ1) is 14.5. The molecule has 1 aromatic carbocycles. The summed E-state index contributed by atoms with van der Waals surface area (Å²) < 4.78 is 5.46. The molecule has 0 radical (unpaired) electrons. The third-order valence-electron chi connectivity index (χ3n) is 6.07. The molecule has 3 rings (SSSR count). The maximum absolute atomic E-state index is 12.6. The van der Waals surface area contributed by atoms with E-state index in [2.05, 4.69) is 16.0 Å². The van der Waals surface area contributed by atoms with Crippen molar-refractivity contribution >= 4 is 19.0 Å². The Bertz CT molecular complexity index is 747. The summed E-state index contributed by atoms with van der Waals surface area (Å²) in [6.07, 6.45) is 6.14. The van der Waals surface area contributed by atoms with Gasteiger partial charge in [0.15, 0.2) is 0 Å². The number of carboxylic acids is 1. The molecule has 0 aromatic heterocycles. The average molecular weight is 417 g/mol. The highest BCUT2D eigenvalue weighted by Gasteiger charge is 2.38. The summed E-state index contributed by atoms with van der Waals surface area (Å²) >= 11 is 0. The van der Waals surface area contributed by atoms with Crippen LogP contribution in [0.2, 0.25) is 0 Å². The van der Waals surface area contributed by atoms with Gasteiger partial charge in [0.2, 0.25) is 5.91 Å². The number of para-hydroxylation sites is 1. The molecule has 1 aliphatic carbocycles. The van der Waals surface area contributed by atoms with Crippen LogP contribution in [0.1, 0.15) is 54.4 Å². The van der Waals surface area contributed by atoms with Crippen LogP contribution in [0, 0.1) is 5.92 Å². The zero-order valence-corrected chi connectivity index (χ0v) is 17.5. The Balaban J connectivity index is 1.50. The standard InChI is InChI=1S/C21H32BN3O5/c1-23-10-11-24-16-6-2-4-14(8-9-16)12-19(26)25-18-13-15-5-3-7-17(21(27)28)20(15)30-22(18)29/h3,5,7,14,16,18,23-24,29H,2,4,6,8-13H2,1H3,(H,25,26)(H,27,28). The SMILES string of the molecule is CNCCNC1CCCC(CC(=O)NC2Cc3cccc(C(=O)O)c3OB2O)CC1. The van der Waals surface area contributed by atoms with E-state index in [1.165, 1.54) is 6.07 Å². The molecular formula is C21H32BN3O5. The predicted octanol–water partition coefficient (Wildman–Crippen LogP) is 0.972. The molecule has 2 aliphatic rings. The van der Waals surface area contributed by atoms with Crippen LogP contribution in [0.3, 0.4) is 0 Å². The van der Waals surface area contributed by atoms with E-state index < -0.39 is 19.0 Å². The molecule has 0 spiro atoms. The van der Waals surface area contributed by atoms with Crippen LogP contribution in [0.25, 0.3) is 0 Å². The number of likely N-dealkylation sites (N-methyl/N-ethyl adjacent to an activating group) is 1. The molecule has 164 valence electrons. The third-order valence-corrected chi connectivity index (χ3v) is 6.07. The molecule has 0 bridgehead atoms. The van der Waals surface area contributed by atoms with E-state index in [0.717, 1.165) is 45.2 Å². The summed E-state index contributed by atoms with van der Waals surface area (Å²) in [6, 6.07) is 5.37. The average Bonchev–Trinajstić information content (AvgIpc) is 2.93. The van der Waals surface area contributed by atoms with E-state index in [1.54, 1.807) is 12.1 Å². The van der Waals surface area contributed by atoms with Crippen LogP contribution in [0.5, 0.6) is 5.75 Å². The number of fused-ring (bicyclic) bond motifs is 1. The summed E-state index contributed by atoms with van der Waals surface area (Å²) in [5.41, 5.74) is 0.697. The van der Waals surface area contributed by atoms with Gasteiger partial charge in [-0.2, -0.15) is 0 Å². The summed E-state index contributed by atoms with van der Waals surface area (Å²) in [5, 5.41) is 29.2. The maximum atomic E-state index is 12.6. The van der Waals surface area contributed by atoms with Crippen LogP contribution >= 0.6 is 0 Å². The third kappa shape index (κ3) is 5.96. The molecule has 1 aliphatic heterocycles. The van der Waals surface area contributed by atoms with Gasteiger partial charge in [-0.05, 0) is 56.7 Å². The van der Waals surface area contributed by atoms with Crippen LogP contribution in [0.15, 0.2) is 18.2 Å². The number of hydrogen-bond acceptors (Lipinski definition) is 6. The second kappa shape index (κ2) is 10.8. The van der Waals surface area contributed by atoms with Gasteiger partial charge in [0.1, 0.15) is 5.75 Å². The van der Waals surface area contributed by atoms with Crippen molar-refractivity contribution in [1.82, 2.24) is 16.0 Å². The Morgan fingerprint density at radius 2 is 2.03 bits per heavy atom. The maximum Gasteiger partial charge on any atom is 0.547 e. The largest absolute Gasteiger partial charge is 0.547 e. The molecule has 8 nitrogen and oxygen atoms in total. The van der Waals surface area contributed by atoms with E-state index in [9.17, 15) is 19.7 Å². The topological polar surface area (TPSA) is 120 Å². The lowest BCUT2D eigenvalue weighted by Crippen LogP contribution is -2.53. The molecule has 1 amide bonds. The van der Waals surface area contributed by atoms with Gasteiger partial charge >= 0.3 is 13.1 Å². The van der Waals surface area contributed by atoms with Crippen molar-refractivity contribution in [2.75, 3.05) is 20.1 Å². The monoisotopic (exact) mass is 417 g/mol. The van der Waals surface area contributed by atoms with Crippen molar-refractivity contribution in [1.29, 1.82) is 0 Å². The molecule has 0 saturated heterocycles. The highest BCUT2D eigenvalue weighted by molar-refractivity contribution is 6.47. The molecular weight excluding hydrogens is 385 g/mol. The molecule has 1 aromatic rings. The van der Waals surface area contributed by atoms with Gasteiger partial charge in [-0.15, -0.1) is 0 Å². The van der Waals surface area contributed by atoms with Gasteiger partial charge in [0.25, 0.3) is 0 Å². The number of carbonyl (C=O) groups is 2.